The molecule has 0 aromatic rings. The number of aliphatic hydroxyl groups excluding tert-OH is 2. The number of allylic oxidation sites excluding steroid dienone is 2. The molecule has 2 saturated heterocycles. The van der Waals surface area contributed by atoms with Gasteiger partial charge in [-0.05, 0) is 82.5 Å². The average molecular weight is 551 g/mol. The summed E-state index contributed by atoms with van der Waals surface area (Å²) < 4.78 is 23.0. The molecular weight excluding hydrogens is 496 g/mol. The van der Waals surface area contributed by atoms with Gasteiger partial charge in [-0.15, -0.1) is 5.92 Å². The topological polar surface area (TPSA) is 97.6 Å². The molecule has 3 rings (SSSR count). The molecule has 39 heavy (non-hydrogen) atoms. The minimum atomic E-state index is -1.85. The summed E-state index contributed by atoms with van der Waals surface area (Å²) in [5.74, 6) is 4.37. The van der Waals surface area contributed by atoms with Crippen molar-refractivity contribution in [1.82, 2.24) is 0 Å². The summed E-state index contributed by atoms with van der Waals surface area (Å²) in [6.45, 7) is 3.45. The Hall–Kier alpha value is -0.980. The Labute approximate surface area is 236 Å². The molecule has 0 amide bonds. The first-order chi connectivity index (χ1) is 19.0. The van der Waals surface area contributed by atoms with E-state index in [1.54, 1.807) is 0 Å². The Bertz CT molecular complexity index is 713. The number of aliphatic hydroxyl groups is 3. The van der Waals surface area contributed by atoms with Crippen molar-refractivity contribution in [3.05, 3.63) is 12.2 Å². The van der Waals surface area contributed by atoms with Gasteiger partial charge in [0.1, 0.15) is 6.10 Å². The molecule has 3 unspecified atom stereocenters. The minimum absolute atomic E-state index is 0.0191. The van der Waals surface area contributed by atoms with Gasteiger partial charge in [-0.2, -0.15) is 0 Å². The lowest BCUT2D eigenvalue weighted by atomic mass is 9.88. The van der Waals surface area contributed by atoms with Crippen LogP contribution in [0.3, 0.4) is 0 Å². The molecule has 6 atom stereocenters. The molecule has 0 aromatic carbocycles. The zero-order valence-electron chi connectivity index (χ0n) is 24.2. The van der Waals surface area contributed by atoms with Crippen molar-refractivity contribution in [1.29, 1.82) is 0 Å². The lowest BCUT2D eigenvalue weighted by molar-refractivity contribution is -0.441. The second-order valence-corrected chi connectivity index (χ2v) is 11.6. The number of ether oxygens (including phenoxy) is 4. The Balaban J connectivity index is 1.44. The second-order valence-electron chi connectivity index (χ2n) is 11.6. The summed E-state index contributed by atoms with van der Waals surface area (Å²) in [4.78, 5) is 0. The minimum Gasteiger partial charge on any atom is -0.393 e. The van der Waals surface area contributed by atoms with Crippen molar-refractivity contribution < 1.29 is 34.3 Å². The molecule has 0 spiro atoms. The van der Waals surface area contributed by atoms with E-state index >= 15 is 0 Å². The first-order valence-electron chi connectivity index (χ1n) is 15.8. The average Bonchev–Trinajstić information content (AvgIpc) is 3.28. The summed E-state index contributed by atoms with van der Waals surface area (Å²) in [6.07, 6.45) is 19.0. The maximum Gasteiger partial charge on any atom is 0.285 e. The molecule has 224 valence electrons. The molecular formula is C32H54O7. The van der Waals surface area contributed by atoms with Crippen molar-refractivity contribution in [3.63, 3.8) is 0 Å². The van der Waals surface area contributed by atoms with E-state index in [2.05, 4.69) is 30.9 Å². The predicted molar refractivity (Wildman–Crippen MR) is 151 cm³/mol. The molecule has 3 N–H and O–H groups in total. The number of hydrogen-bond acceptors (Lipinski definition) is 7. The van der Waals surface area contributed by atoms with Gasteiger partial charge in [0.25, 0.3) is 5.97 Å². The van der Waals surface area contributed by atoms with Crippen LogP contribution < -0.4 is 0 Å². The van der Waals surface area contributed by atoms with Crippen molar-refractivity contribution in [2.24, 2.45) is 11.8 Å². The van der Waals surface area contributed by atoms with Crippen LogP contribution >= 0.6 is 0 Å². The summed E-state index contributed by atoms with van der Waals surface area (Å²) >= 11 is 0. The predicted octanol–water partition coefficient (Wildman–Crippen LogP) is 5.95. The first kappa shape index (κ1) is 32.5. The number of hydrogen-bond donors (Lipinski definition) is 3. The normalized spacial score (nSPS) is 30.1. The zero-order chi connectivity index (χ0) is 27.8. The van der Waals surface area contributed by atoms with Crippen LogP contribution in [-0.2, 0) is 18.9 Å². The van der Waals surface area contributed by atoms with Crippen molar-refractivity contribution in [2.45, 2.75) is 153 Å². The molecule has 2 heterocycles. The largest absolute Gasteiger partial charge is 0.393 e. The molecule has 7 nitrogen and oxygen atoms in total. The van der Waals surface area contributed by atoms with Gasteiger partial charge in [0, 0.05) is 26.1 Å². The quantitative estimate of drug-likeness (QED) is 0.0946. The molecule has 2 aliphatic heterocycles. The Morgan fingerprint density at radius 2 is 1.59 bits per heavy atom. The highest BCUT2D eigenvalue weighted by Crippen LogP contribution is 2.36. The van der Waals surface area contributed by atoms with E-state index in [-0.39, 0.29) is 18.3 Å². The molecule has 0 bridgehead atoms. The van der Waals surface area contributed by atoms with Gasteiger partial charge in [-0.25, -0.2) is 0 Å². The number of unbranched alkanes of at least 4 members (excludes halogenated alkanes) is 6. The maximum atomic E-state index is 11.2. The lowest BCUT2D eigenvalue weighted by Crippen LogP contribution is -2.45. The van der Waals surface area contributed by atoms with Crippen molar-refractivity contribution in [3.8, 4) is 11.8 Å². The fraction of sp³-hybridized carbons (Fsp3) is 0.875. The van der Waals surface area contributed by atoms with Crippen LogP contribution in [0.1, 0.15) is 122 Å². The summed E-state index contributed by atoms with van der Waals surface area (Å²) in [6, 6.07) is 0. The van der Waals surface area contributed by atoms with E-state index in [4.69, 9.17) is 18.9 Å². The zero-order valence-corrected chi connectivity index (χ0v) is 24.2. The first-order valence-corrected chi connectivity index (χ1v) is 15.8. The van der Waals surface area contributed by atoms with Gasteiger partial charge < -0.3 is 24.8 Å². The Morgan fingerprint density at radius 1 is 0.923 bits per heavy atom. The van der Waals surface area contributed by atoms with Gasteiger partial charge >= 0.3 is 0 Å². The third-order valence-corrected chi connectivity index (χ3v) is 8.18. The highest BCUT2D eigenvalue weighted by molar-refractivity contribution is 5.07. The third kappa shape index (κ3) is 12.6. The van der Waals surface area contributed by atoms with E-state index in [0.717, 1.165) is 44.9 Å². The van der Waals surface area contributed by atoms with E-state index in [1.165, 1.54) is 38.5 Å². The van der Waals surface area contributed by atoms with Gasteiger partial charge in [0.15, 0.2) is 12.6 Å². The number of rotatable bonds is 16. The monoisotopic (exact) mass is 550 g/mol. The van der Waals surface area contributed by atoms with Crippen LogP contribution in [0.15, 0.2) is 12.2 Å². The van der Waals surface area contributed by atoms with Crippen LogP contribution in [-0.4, -0.2) is 59.3 Å². The highest BCUT2D eigenvalue weighted by atomic mass is 16.9. The molecule has 1 saturated carbocycles. The second kappa shape index (κ2) is 18.5. The van der Waals surface area contributed by atoms with Gasteiger partial charge in [0.05, 0.1) is 6.10 Å². The van der Waals surface area contributed by atoms with Crippen LogP contribution in [0.5, 0.6) is 0 Å². The van der Waals surface area contributed by atoms with Gasteiger partial charge in [-0.3, -0.25) is 9.47 Å². The molecule has 1 aliphatic carbocycles. The van der Waals surface area contributed by atoms with Crippen LogP contribution in [0.4, 0.5) is 0 Å². The van der Waals surface area contributed by atoms with Crippen LogP contribution in [0.2, 0.25) is 0 Å². The van der Waals surface area contributed by atoms with Crippen LogP contribution in [0, 0.1) is 23.7 Å². The third-order valence-electron chi connectivity index (χ3n) is 8.18. The van der Waals surface area contributed by atoms with E-state index in [1.807, 2.05) is 0 Å². The molecule has 0 aromatic heterocycles. The fourth-order valence-corrected chi connectivity index (χ4v) is 5.85. The van der Waals surface area contributed by atoms with E-state index < -0.39 is 30.8 Å². The molecule has 7 heteroatoms. The fourth-order valence-electron chi connectivity index (χ4n) is 5.85. The molecule has 3 aliphatic rings. The van der Waals surface area contributed by atoms with E-state index in [0.29, 0.717) is 38.9 Å². The van der Waals surface area contributed by atoms with Crippen molar-refractivity contribution in [2.75, 3.05) is 13.2 Å². The molecule has 3 fully saturated rings. The van der Waals surface area contributed by atoms with E-state index in [9.17, 15) is 15.3 Å². The van der Waals surface area contributed by atoms with Gasteiger partial charge in [-0.1, -0.05) is 57.1 Å². The summed E-state index contributed by atoms with van der Waals surface area (Å²) in [5, 5.41) is 32.4. The SMILES string of the molecule is CCCCCCCCC=C[C@H]1CC[C@H](O)[C@@H]1CC(O)C#CCCC(O)(OC1CCCCO1)OC1CCCCO1. The smallest absolute Gasteiger partial charge is 0.285 e. The highest BCUT2D eigenvalue weighted by Gasteiger charge is 2.37. The summed E-state index contributed by atoms with van der Waals surface area (Å²) in [5.41, 5.74) is 0. The lowest BCUT2D eigenvalue weighted by Gasteiger charge is -2.36. The van der Waals surface area contributed by atoms with Crippen molar-refractivity contribution >= 4 is 0 Å². The Morgan fingerprint density at radius 3 is 2.23 bits per heavy atom. The van der Waals surface area contributed by atoms with Gasteiger partial charge in [0.2, 0.25) is 0 Å². The summed E-state index contributed by atoms with van der Waals surface area (Å²) in [7, 11) is 0. The van der Waals surface area contributed by atoms with Crippen LogP contribution in [0.25, 0.3) is 0 Å². The maximum absolute atomic E-state index is 11.2. The Kier molecular flexibility index (Phi) is 15.4. The molecule has 0 radical (unpaired) electrons. The standard InChI is InChI=1S/C32H54O7/c1-2-3-4-5-6-7-8-9-16-26-20-21-29(34)28(26)25-27(33)17-10-13-22-32(35,38-30-18-11-14-23-36-30)39-31-19-12-15-24-37-31/h9,16,26-31,33-35H,2-8,11-15,18-25H2,1H3/t26-,27?,28+,29-,30?,31?,32?/m0/s1.